The van der Waals surface area contributed by atoms with Gasteiger partial charge in [-0.1, -0.05) is 11.2 Å². The Morgan fingerprint density at radius 2 is 2.11 bits per heavy atom. The standard InChI is InChI=1S/C18H23N5O3S/c24-16(20-11-15-21-17(26-22-15)14-4-3-7-27-14)12-8-13(10-19-9-12)18(25)23-5-1-2-6-23/h3-4,7,12-13,19H,1-2,5-6,8-11H2,(H,20,24)/t12-,13-/m1/s1. The summed E-state index contributed by atoms with van der Waals surface area (Å²) >= 11 is 1.52. The second kappa shape index (κ2) is 8.18. The molecule has 0 saturated carbocycles. The zero-order valence-corrected chi connectivity index (χ0v) is 15.8. The zero-order chi connectivity index (χ0) is 18.6. The van der Waals surface area contributed by atoms with Crippen LogP contribution in [0, 0.1) is 11.8 Å². The number of amides is 2. The fourth-order valence-corrected chi connectivity index (χ4v) is 4.31. The van der Waals surface area contributed by atoms with Crippen molar-refractivity contribution in [3.63, 3.8) is 0 Å². The van der Waals surface area contributed by atoms with Gasteiger partial charge in [0.05, 0.1) is 23.3 Å². The summed E-state index contributed by atoms with van der Waals surface area (Å²) in [6, 6.07) is 3.83. The molecule has 2 aliphatic rings. The number of nitrogens with zero attached hydrogens (tertiary/aromatic N) is 3. The Morgan fingerprint density at radius 1 is 1.30 bits per heavy atom. The van der Waals surface area contributed by atoms with E-state index in [2.05, 4.69) is 20.8 Å². The first kappa shape index (κ1) is 18.1. The van der Waals surface area contributed by atoms with Gasteiger partial charge in [0, 0.05) is 26.2 Å². The third kappa shape index (κ3) is 4.19. The average molecular weight is 389 g/mol. The van der Waals surface area contributed by atoms with Gasteiger partial charge < -0.3 is 20.1 Å². The van der Waals surface area contributed by atoms with Gasteiger partial charge in [-0.3, -0.25) is 9.59 Å². The lowest BCUT2D eigenvalue weighted by molar-refractivity contribution is -0.136. The van der Waals surface area contributed by atoms with Crippen molar-refractivity contribution in [3.8, 4) is 10.8 Å². The Morgan fingerprint density at radius 3 is 2.89 bits per heavy atom. The third-order valence-electron chi connectivity index (χ3n) is 5.11. The highest BCUT2D eigenvalue weighted by Gasteiger charge is 2.34. The summed E-state index contributed by atoms with van der Waals surface area (Å²) in [5, 5.41) is 12.0. The highest BCUT2D eigenvalue weighted by Crippen LogP contribution is 2.23. The van der Waals surface area contributed by atoms with E-state index in [0.717, 1.165) is 30.8 Å². The second-order valence-electron chi connectivity index (χ2n) is 7.03. The smallest absolute Gasteiger partial charge is 0.268 e. The molecule has 2 saturated heterocycles. The minimum absolute atomic E-state index is 0.0797. The van der Waals surface area contributed by atoms with Gasteiger partial charge >= 0.3 is 0 Å². The number of likely N-dealkylation sites (tertiary alicyclic amines) is 1. The number of carbonyl (C=O) groups is 2. The fourth-order valence-electron chi connectivity index (χ4n) is 3.66. The molecule has 4 heterocycles. The van der Waals surface area contributed by atoms with Gasteiger partial charge in [0.25, 0.3) is 5.89 Å². The van der Waals surface area contributed by atoms with Crippen molar-refractivity contribution in [3.05, 3.63) is 23.3 Å². The van der Waals surface area contributed by atoms with E-state index in [1.807, 2.05) is 22.4 Å². The van der Waals surface area contributed by atoms with Gasteiger partial charge in [0.1, 0.15) is 0 Å². The maximum absolute atomic E-state index is 12.6. The van der Waals surface area contributed by atoms with Crippen molar-refractivity contribution in [2.45, 2.75) is 25.8 Å². The van der Waals surface area contributed by atoms with Crippen LogP contribution in [0.4, 0.5) is 0 Å². The van der Waals surface area contributed by atoms with Gasteiger partial charge in [0.2, 0.25) is 11.8 Å². The predicted molar refractivity (Wildman–Crippen MR) is 99.7 cm³/mol. The Balaban J connectivity index is 1.29. The normalized spacial score (nSPS) is 22.7. The first-order valence-corrected chi connectivity index (χ1v) is 10.2. The Bertz CT molecular complexity index is 785. The summed E-state index contributed by atoms with van der Waals surface area (Å²) in [4.78, 5) is 32.3. The molecule has 2 atom stereocenters. The van der Waals surface area contributed by atoms with Gasteiger partial charge in [-0.15, -0.1) is 11.3 Å². The largest absolute Gasteiger partial charge is 0.348 e. The zero-order valence-electron chi connectivity index (χ0n) is 15.0. The Hall–Kier alpha value is -2.26. The molecule has 0 aliphatic carbocycles. The highest BCUT2D eigenvalue weighted by molar-refractivity contribution is 7.13. The highest BCUT2D eigenvalue weighted by atomic mass is 32.1. The van der Waals surface area contributed by atoms with E-state index in [1.165, 1.54) is 11.3 Å². The molecule has 0 radical (unpaired) electrons. The van der Waals surface area contributed by atoms with Crippen molar-refractivity contribution in [2.24, 2.45) is 11.8 Å². The van der Waals surface area contributed by atoms with Crippen molar-refractivity contribution in [2.75, 3.05) is 26.2 Å². The fraction of sp³-hybridized carbons (Fsp3) is 0.556. The molecule has 0 unspecified atom stereocenters. The number of hydrogen-bond donors (Lipinski definition) is 2. The molecule has 27 heavy (non-hydrogen) atoms. The van der Waals surface area contributed by atoms with Crippen LogP contribution < -0.4 is 10.6 Å². The predicted octanol–water partition coefficient (Wildman–Crippen LogP) is 1.26. The summed E-state index contributed by atoms with van der Waals surface area (Å²) in [5.41, 5.74) is 0. The van der Waals surface area contributed by atoms with Crippen LogP contribution in [0.2, 0.25) is 0 Å². The molecule has 0 bridgehead atoms. The third-order valence-corrected chi connectivity index (χ3v) is 5.97. The topological polar surface area (TPSA) is 100 Å². The first-order valence-electron chi connectivity index (χ1n) is 9.34. The van der Waals surface area contributed by atoms with E-state index in [-0.39, 0.29) is 30.2 Å². The minimum Gasteiger partial charge on any atom is -0.348 e. The summed E-state index contributed by atoms with van der Waals surface area (Å²) in [7, 11) is 0. The van der Waals surface area contributed by atoms with Crippen LogP contribution in [0.3, 0.4) is 0 Å². The molecule has 2 N–H and O–H groups in total. The van der Waals surface area contributed by atoms with E-state index < -0.39 is 0 Å². The minimum atomic E-state index is -0.223. The molecular formula is C18H23N5O3S. The maximum Gasteiger partial charge on any atom is 0.268 e. The van der Waals surface area contributed by atoms with Crippen molar-refractivity contribution in [1.82, 2.24) is 25.7 Å². The van der Waals surface area contributed by atoms with Gasteiger partial charge in [-0.25, -0.2) is 0 Å². The van der Waals surface area contributed by atoms with Crippen LogP contribution in [0.1, 0.15) is 25.1 Å². The van der Waals surface area contributed by atoms with Gasteiger partial charge in [-0.05, 0) is 30.7 Å². The van der Waals surface area contributed by atoms with Crippen LogP contribution in [-0.4, -0.2) is 53.0 Å². The number of rotatable bonds is 5. The number of nitrogens with one attached hydrogen (secondary N) is 2. The molecule has 2 aliphatic heterocycles. The molecule has 2 aromatic heterocycles. The quantitative estimate of drug-likeness (QED) is 0.799. The SMILES string of the molecule is O=C(NCc1noc(-c2cccs2)n1)[C@H]1CNC[C@H](C(=O)N2CCCC2)C1. The molecule has 4 rings (SSSR count). The first-order chi connectivity index (χ1) is 13.2. The number of piperidine rings is 1. The van der Waals surface area contributed by atoms with E-state index in [0.29, 0.717) is 31.2 Å². The summed E-state index contributed by atoms with van der Waals surface area (Å²) in [6.07, 6.45) is 2.74. The van der Waals surface area contributed by atoms with E-state index in [1.54, 1.807) is 0 Å². The number of thiophene rings is 1. The lowest BCUT2D eigenvalue weighted by atomic mass is 9.89. The van der Waals surface area contributed by atoms with Crippen LogP contribution in [-0.2, 0) is 16.1 Å². The summed E-state index contributed by atoms with van der Waals surface area (Å²) in [5.74, 6) is 0.660. The van der Waals surface area contributed by atoms with Crippen LogP contribution in [0.25, 0.3) is 10.8 Å². The number of carbonyl (C=O) groups excluding carboxylic acids is 2. The molecule has 144 valence electrons. The molecular weight excluding hydrogens is 366 g/mol. The van der Waals surface area contributed by atoms with Crippen molar-refractivity contribution < 1.29 is 14.1 Å². The molecule has 2 fully saturated rings. The average Bonchev–Trinajstić information content (AvgIpc) is 3.47. The van der Waals surface area contributed by atoms with Crippen molar-refractivity contribution >= 4 is 23.2 Å². The van der Waals surface area contributed by atoms with Crippen LogP contribution in [0.5, 0.6) is 0 Å². The Kier molecular flexibility index (Phi) is 5.49. The van der Waals surface area contributed by atoms with Crippen LogP contribution in [0.15, 0.2) is 22.0 Å². The summed E-state index contributed by atoms with van der Waals surface area (Å²) in [6.45, 7) is 3.14. The lowest BCUT2D eigenvalue weighted by Crippen LogP contribution is -2.48. The molecule has 9 heteroatoms. The molecule has 2 amide bonds. The van der Waals surface area contributed by atoms with E-state index in [9.17, 15) is 9.59 Å². The monoisotopic (exact) mass is 389 g/mol. The Labute approximate surface area is 161 Å². The second-order valence-corrected chi connectivity index (χ2v) is 7.98. The van der Waals surface area contributed by atoms with E-state index in [4.69, 9.17) is 4.52 Å². The van der Waals surface area contributed by atoms with Crippen LogP contribution >= 0.6 is 11.3 Å². The van der Waals surface area contributed by atoms with Gasteiger partial charge in [-0.2, -0.15) is 4.98 Å². The van der Waals surface area contributed by atoms with E-state index >= 15 is 0 Å². The molecule has 2 aromatic rings. The lowest BCUT2D eigenvalue weighted by Gasteiger charge is -2.31. The van der Waals surface area contributed by atoms with Gasteiger partial charge in [0.15, 0.2) is 5.82 Å². The molecule has 0 spiro atoms. The summed E-state index contributed by atoms with van der Waals surface area (Å²) < 4.78 is 5.23. The maximum atomic E-state index is 12.6. The number of hydrogen-bond acceptors (Lipinski definition) is 7. The molecule has 8 nitrogen and oxygen atoms in total. The number of aromatic nitrogens is 2. The van der Waals surface area contributed by atoms with Crippen molar-refractivity contribution in [1.29, 1.82) is 0 Å². The molecule has 0 aromatic carbocycles.